The molecule has 0 radical (unpaired) electrons. The van der Waals surface area contributed by atoms with Gasteiger partial charge in [0.2, 0.25) is 0 Å². The van der Waals surface area contributed by atoms with E-state index in [2.05, 4.69) is 0 Å². The molecule has 0 aliphatic carbocycles. The van der Waals surface area contributed by atoms with Crippen molar-refractivity contribution in [2.75, 3.05) is 7.11 Å². The summed E-state index contributed by atoms with van der Waals surface area (Å²) >= 11 is 0. The lowest BCUT2D eigenvalue weighted by atomic mass is 10.0. The molecule has 0 fully saturated rings. The third-order valence-electron chi connectivity index (χ3n) is 2.76. The van der Waals surface area contributed by atoms with Crippen molar-refractivity contribution in [3.8, 4) is 28.4 Å². The summed E-state index contributed by atoms with van der Waals surface area (Å²) in [6, 6.07) is 13.1. The summed E-state index contributed by atoms with van der Waals surface area (Å²) in [5, 5.41) is 10.2. The van der Waals surface area contributed by atoms with E-state index in [1.165, 1.54) is 7.11 Å². The lowest BCUT2D eigenvalue weighted by Gasteiger charge is -2.15. The third-order valence-corrected chi connectivity index (χ3v) is 2.76. The monoisotopic (exact) mass is 258 g/mol. The van der Waals surface area contributed by atoms with Gasteiger partial charge in [-0.1, -0.05) is 30.3 Å². The second-order valence-corrected chi connectivity index (χ2v) is 4.52. The van der Waals surface area contributed by atoms with Crippen LogP contribution in [-0.2, 0) is 0 Å². The van der Waals surface area contributed by atoms with E-state index in [0.29, 0.717) is 11.3 Å². The Morgan fingerprint density at radius 1 is 0.895 bits per heavy atom. The van der Waals surface area contributed by atoms with E-state index in [1.54, 1.807) is 6.07 Å². The smallest absolute Gasteiger partial charge is 0.165 e. The predicted octanol–water partition coefficient (Wildman–Crippen LogP) is 3.86. The van der Waals surface area contributed by atoms with Gasteiger partial charge in [0.05, 0.1) is 13.2 Å². The minimum Gasteiger partial charge on any atom is -0.504 e. The SMILES string of the molecule is COc1cccc(-c2ccccc2OC(C)C)c1O. The van der Waals surface area contributed by atoms with Gasteiger partial charge < -0.3 is 14.6 Å². The predicted molar refractivity (Wildman–Crippen MR) is 75.9 cm³/mol. The second kappa shape index (κ2) is 5.65. The van der Waals surface area contributed by atoms with Gasteiger partial charge in [0, 0.05) is 11.1 Å². The van der Waals surface area contributed by atoms with Crippen molar-refractivity contribution in [1.82, 2.24) is 0 Å². The first-order valence-corrected chi connectivity index (χ1v) is 6.25. The summed E-state index contributed by atoms with van der Waals surface area (Å²) in [6.07, 6.45) is 0.0777. The molecule has 2 aromatic carbocycles. The molecule has 3 nitrogen and oxygen atoms in total. The van der Waals surface area contributed by atoms with Gasteiger partial charge in [-0.15, -0.1) is 0 Å². The molecule has 0 spiro atoms. The largest absolute Gasteiger partial charge is 0.504 e. The fraction of sp³-hybridized carbons (Fsp3) is 0.250. The molecule has 19 heavy (non-hydrogen) atoms. The molecule has 1 N–H and O–H groups in total. The van der Waals surface area contributed by atoms with E-state index in [0.717, 1.165) is 11.3 Å². The van der Waals surface area contributed by atoms with Gasteiger partial charge in [-0.25, -0.2) is 0 Å². The number of hydrogen-bond donors (Lipinski definition) is 1. The number of phenolic OH excluding ortho intramolecular Hbond substituents is 1. The number of methoxy groups -OCH3 is 1. The summed E-state index contributed by atoms with van der Waals surface area (Å²) in [4.78, 5) is 0. The van der Waals surface area contributed by atoms with Crippen LogP contribution in [0.3, 0.4) is 0 Å². The van der Waals surface area contributed by atoms with Crippen LogP contribution in [0.2, 0.25) is 0 Å². The molecule has 0 heterocycles. The number of benzene rings is 2. The zero-order valence-corrected chi connectivity index (χ0v) is 11.4. The van der Waals surface area contributed by atoms with Crippen molar-refractivity contribution < 1.29 is 14.6 Å². The number of phenols is 1. The Bertz CT molecular complexity index is 562. The Balaban J connectivity index is 2.53. The Kier molecular flexibility index (Phi) is 3.95. The van der Waals surface area contributed by atoms with Crippen molar-refractivity contribution in [2.24, 2.45) is 0 Å². The first kappa shape index (κ1) is 13.3. The van der Waals surface area contributed by atoms with Crippen molar-refractivity contribution in [3.63, 3.8) is 0 Å². The topological polar surface area (TPSA) is 38.7 Å². The highest BCUT2D eigenvalue weighted by Gasteiger charge is 2.13. The summed E-state index contributed by atoms with van der Waals surface area (Å²) in [6.45, 7) is 3.95. The molecule has 2 rings (SSSR count). The number of rotatable bonds is 4. The summed E-state index contributed by atoms with van der Waals surface area (Å²) in [5.74, 6) is 1.34. The van der Waals surface area contributed by atoms with Gasteiger partial charge in [0.15, 0.2) is 11.5 Å². The molecule has 0 unspecified atom stereocenters. The molecular formula is C16H18O3. The van der Waals surface area contributed by atoms with Gasteiger partial charge in [-0.3, -0.25) is 0 Å². The van der Waals surface area contributed by atoms with E-state index < -0.39 is 0 Å². The highest BCUT2D eigenvalue weighted by molar-refractivity contribution is 5.77. The number of ether oxygens (including phenoxy) is 2. The Hall–Kier alpha value is -2.16. The lowest BCUT2D eigenvalue weighted by Crippen LogP contribution is -2.06. The number of hydrogen-bond acceptors (Lipinski definition) is 3. The maximum atomic E-state index is 10.2. The third kappa shape index (κ3) is 2.81. The van der Waals surface area contributed by atoms with Crippen molar-refractivity contribution in [3.05, 3.63) is 42.5 Å². The van der Waals surface area contributed by atoms with Crippen LogP contribution >= 0.6 is 0 Å². The number of para-hydroxylation sites is 2. The fourth-order valence-electron chi connectivity index (χ4n) is 1.95. The fourth-order valence-corrected chi connectivity index (χ4v) is 1.95. The first-order chi connectivity index (χ1) is 9.13. The normalized spacial score (nSPS) is 10.5. The molecule has 100 valence electrons. The molecule has 0 aliphatic rings. The average molecular weight is 258 g/mol. The minimum atomic E-state index is 0.0777. The summed E-state index contributed by atoms with van der Waals surface area (Å²) in [5.41, 5.74) is 1.56. The van der Waals surface area contributed by atoms with E-state index in [9.17, 15) is 5.11 Å². The van der Waals surface area contributed by atoms with Crippen LogP contribution in [0.5, 0.6) is 17.2 Å². The average Bonchev–Trinajstić information content (AvgIpc) is 2.39. The molecular weight excluding hydrogens is 240 g/mol. The molecule has 0 saturated carbocycles. The summed E-state index contributed by atoms with van der Waals surface area (Å²) < 4.78 is 10.9. The maximum absolute atomic E-state index is 10.2. The van der Waals surface area contributed by atoms with Gasteiger partial charge in [0.1, 0.15) is 5.75 Å². The Labute approximate surface area is 113 Å². The Morgan fingerprint density at radius 2 is 1.53 bits per heavy atom. The molecule has 2 aromatic rings. The quantitative estimate of drug-likeness (QED) is 0.905. The Morgan fingerprint density at radius 3 is 2.21 bits per heavy atom. The summed E-state index contributed by atoms with van der Waals surface area (Å²) in [7, 11) is 1.54. The molecule has 0 atom stereocenters. The first-order valence-electron chi connectivity index (χ1n) is 6.25. The van der Waals surface area contributed by atoms with E-state index in [1.807, 2.05) is 50.2 Å². The van der Waals surface area contributed by atoms with Crippen LogP contribution in [0.25, 0.3) is 11.1 Å². The maximum Gasteiger partial charge on any atom is 0.165 e. The van der Waals surface area contributed by atoms with Crippen LogP contribution in [0, 0.1) is 0 Å². The standard InChI is InChI=1S/C16H18O3/c1-11(2)19-14-9-5-4-7-12(14)13-8-6-10-15(18-3)16(13)17/h4-11,17H,1-3H3. The highest BCUT2D eigenvalue weighted by atomic mass is 16.5. The molecule has 0 bridgehead atoms. The van der Waals surface area contributed by atoms with Crippen molar-refractivity contribution in [1.29, 1.82) is 0 Å². The molecule has 0 amide bonds. The zero-order chi connectivity index (χ0) is 13.8. The van der Waals surface area contributed by atoms with Gasteiger partial charge in [0.25, 0.3) is 0 Å². The van der Waals surface area contributed by atoms with Crippen LogP contribution in [0.1, 0.15) is 13.8 Å². The molecule has 0 aromatic heterocycles. The molecule has 0 saturated heterocycles. The van der Waals surface area contributed by atoms with Crippen LogP contribution < -0.4 is 9.47 Å². The molecule has 0 aliphatic heterocycles. The zero-order valence-electron chi connectivity index (χ0n) is 11.4. The molecule has 3 heteroatoms. The van der Waals surface area contributed by atoms with E-state index in [4.69, 9.17) is 9.47 Å². The number of aromatic hydroxyl groups is 1. The van der Waals surface area contributed by atoms with Crippen LogP contribution in [0.15, 0.2) is 42.5 Å². The van der Waals surface area contributed by atoms with Gasteiger partial charge >= 0.3 is 0 Å². The van der Waals surface area contributed by atoms with Crippen molar-refractivity contribution >= 4 is 0 Å². The van der Waals surface area contributed by atoms with Gasteiger partial charge in [-0.05, 0) is 26.0 Å². The van der Waals surface area contributed by atoms with Crippen LogP contribution in [-0.4, -0.2) is 18.3 Å². The second-order valence-electron chi connectivity index (χ2n) is 4.52. The lowest BCUT2D eigenvalue weighted by molar-refractivity contribution is 0.243. The van der Waals surface area contributed by atoms with Gasteiger partial charge in [-0.2, -0.15) is 0 Å². The van der Waals surface area contributed by atoms with E-state index >= 15 is 0 Å². The van der Waals surface area contributed by atoms with E-state index in [-0.39, 0.29) is 11.9 Å². The minimum absolute atomic E-state index is 0.0777. The van der Waals surface area contributed by atoms with Crippen LogP contribution in [0.4, 0.5) is 0 Å². The van der Waals surface area contributed by atoms with Crippen molar-refractivity contribution in [2.45, 2.75) is 20.0 Å². The highest BCUT2D eigenvalue weighted by Crippen LogP contribution is 2.40.